The summed E-state index contributed by atoms with van der Waals surface area (Å²) >= 11 is 1.94. The van der Waals surface area contributed by atoms with Gasteiger partial charge < -0.3 is 5.32 Å². The van der Waals surface area contributed by atoms with E-state index in [0.717, 1.165) is 17.7 Å². The van der Waals surface area contributed by atoms with Gasteiger partial charge in [0.2, 0.25) is 0 Å². The monoisotopic (exact) mass is 301 g/mol. The third kappa shape index (κ3) is 2.99. The summed E-state index contributed by atoms with van der Waals surface area (Å²) < 4.78 is 13.2. The van der Waals surface area contributed by atoms with Crippen LogP contribution in [0, 0.1) is 12.7 Å². The standard InChI is InChI=1S/C18H20FNS/c1-12-9-14(19)8-7-13(12)10-17(20-2)16-11-21-18-6-4-3-5-15(16)18/h3-9,16-17,20H,10-11H2,1-2H3. The van der Waals surface area contributed by atoms with E-state index in [9.17, 15) is 4.39 Å². The lowest BCUT2D eigenvalue weighted by Crippen LogP contribution is -2.34. The maximum Gasteiger partial charge on any atom is 0.123 e. The van der Waals surface area contributed by atoms with Gasteiger partial charge in [0.1, 0.15) is 5.82 Å². The second-order valence-corrected chi connectivity index (χ2v) is 6.69. The number of hydrogen-bond donors (Lipinski definition) is 1. The van der Waals surface area contributed by atoms with Crippen LogP contribution in [0.4, 0.5) is 4.39 Å². The number of rotatable bonds is 4. The third-order valence-corrected chi connectivity index (χ3v) is 5.55. The summed E-state index contributed by atoms with van der Waals surface area (Å²) in [6.45, 7) is 1.99. The molecule has 110 valence electrons. The molecule has 2 unspecified atom stereocenters. The summed E-state index contributed by atoms with van der Waals surface area (Å²) in [7, 11) is 2.02. The first-order valence-corrected chi connectivity index (χ1v) is 8.31. The topological polar surface area (TPSA) is 12.0 Å². The molecule has 2 atom stereocenters. The van der Waals surface area contributed by atoms with Gasteiger partial charge >= 0.3 is 0 Å². The van der Waals surface area contributed by atoms with E-state index >= 15 is 0 Å². The van der Waals surface area contributed by atoms with E-state index in [0.29, 0.717) is 12.0 Å². The molecule has 0 aliphatic carbocycles. The van der Waals surface area contributed by atoms with Crippen molar-refractivity contribution < 1.29 is 4.39 Å². The minimum atomic E-state index is -0.154. The minimum Gasteiger partial charge on any atom is -0.316 e. The molecule has 0 radical (unpaired) electrons. The van der Waals surface area contributed by atoms with Crippen LogP contribution in [0.3, 0.4) is 0 Å². The van der Waals surface area contributed by atoms with Crippen molar-refractivity contribution in [3.63, 3.8) is 0 Å². The fraction of sp³-hybridized carbons (Fsp3) is 0.333. The Morgan fingerprint density at radius 1 is 1.29 bits per heavy atom. The molecule has 1 heterocycles. The Morgan fingerprint density at radius 2 is 2.10 bits per heavy atom. The molecule has 1 aliphatic rings. The summed E-state index contributed by atoms with van der Waals surface area (Å²) in [5.41, 5.74) is 3.71. The van der Waals surface area contributed by atoms with Crippen molar-refractivity contribution in [3.05, 3.63) is 65.0 Å². The largest absolute Gasteiger partial charge is 0.316 e. The summed E-state index contributed by atoms with van der Waals surface area (Å²) in [4.78, 5) is 1.40. The van der Waals surface area contributed by atoms with Crippen molar-refractivity contribution in [1.29, 1.82) is 0 Å². The zero-order valence-corrected chi connectivity index (χ0v) is 13.2. The van der Waals surface area contributed by atoms with Crippen molar-refractivity contribution in [1.82, 2.24) is 5.32 Å². The molecule has 0 amide bonds. The van der Waals surface area contributed by atoms with Gasteiger partial charge in [-0.2, -0.15) is 0 Å². The number of nitrogens with one attached hydrogen (secondary N) is 1. The van der Waals surface area contributed by atoms with Gasteiger partial charge in [-0.15, -0.1) is 11.8 Å². The maximum absolute atomic E-state index is 13.2. The summed E-state index contributed by atoms with van der Waals surface area (Å²) in [5.74, 6) is 1.48. The highest BCUT2D eigenvalue weighted by Gasteiger charge is 2.29. The molecule has 3 rings (SSSR count). The molecule has 0 saturated carbocycles. The Morgan fingerprint density at radius 3 is 2.86 bits per heavy atom. The van der Waals surface area contributed by atoms with Crippen LogP contribution >= 0.6 is 11.8 Å². The van der Waals surface area contributed by atoms with E-state index in [1.54, 1.807) is 12.1 Å². The molecule has 2 aromatic carbocycles. The van der Waals surface area contributed by atoms with Crippen LogP contribution in [0.25, 0.3) is 0 Å². The fourth-order valence-electron chi connectivity index (χ4n) is 3.09. The van der Waals surface area contributed by atoms with E-state index < -0.39 is 0 Å². The molecule has 1 nitrogen and oxygen atoms in total. The zero-order chi connectivity index (χ0) is 14.8. The quantitative estimate of drug-likeness (QED) is 0.910. The molecule has 0 bridgehead atoms. The predicted molar refractivity (Wildman–Crippen MR) is 87.6 cm³/mol. The number of halogens is 1. The third-order valence-electron chi connectivity index (χ3n) is 4.34. The van der Waals surface area contributed by atoms with E-state index in [4.69, 9.17) is 0 Å². The normalized spacial score (nSPS) is 18.5. The smallest absolute Gasteiger partial charge is 0.123 e. The van der Waals surface area contributed by atoms with Crippen LogP contribution in [0.5, 0.6) is 0 Å². The van der Waals surface area contributed by atoms with Crippen molar-refractivity contribution in [2.75, 3.05) is 12.8 Å². The fourth-order valence-corrected chi connectivity index (χ4v) is 4.42. The number of hydrogen-bond acceptors (Lipinski definition) is 2. The number of fused-ring (bicyclic) bond motifs is 1. The maximum atomic E-state index is 13.2. The average Bonchev–Trinajstić information content (AvgIpc) is 2.91. The molecular formula is C18H20FNS. The lowest BCUT2D eigenvalue weighted by molar-refractivity contribution is 0.487. The molecule has 2 aromatic rings. The van der Waals surface area contributed by atoms with Gasteiger partial charge in [-0.25, -0.2) is 4.39 Å². The predicted octanol–water partition coefficient (Wildman–Crippen LogP) is 4.15. The van der Waals surface area contributed by atoms with Crippen LogP contribution in [0.1, 0.15) is 22.6 Å². The highest BCUT2D eigenvalue weighted by Crippen LogP contribution is 2.41. The number of aryl methyl sites for hydroxylation is 1. The summed E-state index contributed by atoms with van der Waals surface area (Å²) in [5, 5.41) is 3.47. The first kappa shape index (κ1) is 14.6. The Bertz CT molecular complexity index is 641. The molecule has 3 heteroatoms. The van der Waals surface area contributed by atoms with Gasteiger partial charge in [-0.1, -0.05) is 24.3 Å². The number of thioether (sulfide) groups is 1. The Kier molecular flexibility index (Phi) is 4.32. The van der Waals surface area contributed by atoms with Gasteiger partial charge in [0.25, 0.3) is 0 Å². The Balaban J connectivity index is 1.83. The number of likely N-dealkylation sites (N-methyl/N-ethyl adjacent to an activating group) is 1. The molecule has 0 spiro atoms. The second-order valence-electron chi connectivity index (χ2n) is 5.63. The van der Waals surface area contributed by atoms with Crippen molar-refractivity contribution >= 4 is 11.8 Å². The molecule has 1 aliphatic heterocycles. The van der Waals surface area contributed by atoms with Crippen molar-refractivity contribution in [3.8, 4) is 0 Å². The number of benzene rings is 2. The van der Waals surface area contributed by atoms with Crippen LogP contribution < -0.4 is 5.32 Å². The van der Waals surface area contributed by atoms with Crippen LogP contribution in [0.2, 0.25) is 0 Å². The molecule has 0 fully saturated rings. The Hall–Kier alpha value is -1.32. The van der Waals surface area contributed by atoms with Gasteiger partial charge in [0, 0.05) is 22.6 Å². The minimum absolute atomic E-state index is 0.154. The highest BCUT2D eigenvalue weighted by atomic mass is 32.2. The van der Waals surface area contributed by atoms with E-state index in [1.807, 2.05) is 31.8 Å². The van der Waals surface area contributed by atoms with Crippen LogP contribution in [-0.4, -0.2) is 18.8 Å². The molecule has 1 N–H and O–H groups in total. The molecule has 21 heavy (non-hydrogen) atoms. The lowest BCUT2D eigenvalue weighted by Gasteiger charge is -2.24. The van der Waals surface area contributed by atoms with Gasteiger partial charge in [-0.3, -0.25) is 0 Å². The average molecular weight is 301 g/mol. The SMILES string of the molecule is CNC(Cc1ccc(F)cc1C)C1CSc2ccccc21. The van der Waals surface area contributed by atoms with Crippen LogP contribution in [0.15, 0.2) is 47.4 Å². The van der Waals surface area contributed by atoms with E-state index in [1.165, 1.54) is 16.0 Å². The van der Waals surface area contributed by atoms with Crippen molar-refractivity contribution in [2.24, 2.45) is 0 Å². The lowest BCUT2D eigenvalue weighted by atomic mass is 9.88. The van der Waals surface area contributed by atoms with E-state index in [2.05, 4.69) is 29.6 Å². The highest BCUT2D eigenvalue weighted by molar-refractivity contribution is 7.99. The van der Waals surface area contributed by atoms with E-state index in [-0.39, 0.29) is 5.82 Å². The molecule has 0 saturated heterocycles. The second kappa shape index (κ2) is 6.20. The molecular weight excluding hydrogens is 281 g/mol. The van der Waals surface area contributed by atoms with Gasteiger partial charge in [-0.05, 0) is 55.3 Å². The molecule has 0 aromatic heterocycles. The first-order valence-electron chi connectivity index (χ1n) is 7.33. The van der Waals surface area contributed by atoms with Gasteiger partial charge in [0.15, 0.2) is 0 Å². The van der Waals surface area contributed by atoms with Crippen molar-refractivity contribution in [2.45, 2.75) is 30.2 Å². The van der Waals surface area contributed by atoms with Gasteiger partial charge in [0.05, 0.1) is 0 Å². The van der Waals surface area contributed by atoms with Crippen LogP contribution in [-0.2, 0) is 6.42 Å². The zero-order valence-electron chi connectivity index (χ0n) is 12.4. The first-order chi connectivity index (χ1) is 10.2. The summed E-state index contributed by atoms with van der Waals surface area (Å²) in [6.07, 6.45) is 0.933. The summed E-state index contributed by atoms with van der Waals surface area (Å²) in [6, 6.07) is 14.2. The Labute approximate surface area is 130 Å².